The molecule has 0 saturated heterocycles. The number of nitrogens with one attached hydrogen (secondary N) is 2. The molecular weight excluding hydrogens is 410 g/mol. The van der Waals surface area contributed by atoms with Crippen molar-refractivity contribution in [3.05, 3.63) is 71.9 Å². The molecule has 0 radical (unpaired) electrons. The Morgan fingerprint density at radius 1 is 0.968 bits per heavy atom. The molecule has 164 valence electrons. The van der Waals surface area contributed by atoms with Gasteiger partial charge >= 0.3 is 6.03 Å². The van der Waals surface area contributed by atoms with Gasteiger partial charge in [-0.3, -0.25) is 0 Å². The first-order valence-corrected chi connectivity index (χ1v) is 12.3. The number of hydrogen-bond acceptors (Lipinski definition) is 3. The van der Waals surface area contributed by atoms with Gasteiger partial charge in [-0.1, -0.05) is 37.3 Å². The van der Waals surface area contributed by atoms with Gasteiger partial charge in [0.25, 0.3) is 0 Å². The Morgan fingerprint density at radius 3 is 2.23 bits per heavy atom. The molecule has 3 rings (SSSR count). The summed E-state index contributed by atoms with van der Waals surface area (Å²) in [4.78, 5) is 12.1. The van der Waals surface area contributed by atoms with Crippen molar-refractivity contribution < 1.29 is 13.2 Å². The van der Waals surface area contributed by atoms with Gasteiger partial charge in [-0.2, -0.15) is 0 Å². The average Bonchev–Trinajstić information content (AvgIpc) is 3.08. The molecule has 2 aromatic carbocycles. The Kier molecular flexibility index (Phi) is 7.17. The average molecular weight is 440 g/mol. The van der Waals surface area contributed by atoms with Crippen LogP contribution in [0.15, 0.2) is 65.6 Å². The van der Waals surface area contributed by atoms with Crippen LogP contribution in [0.1, 0.15) is 24.6 Å². The monoisotopic (exact) mass is 439 g/mol. The number of benzene rings is 2. The standard InChI is InChI=1S/C24H29N3O3S/c1-4-15-25-24(28)26-16-14-20-17-23(19-10-12-22(13-11-19)31(3,29)30)27(18(20)2)21-8-6-5-7-9-21/h5-13,17H,4,14-16H2,1-3H3,(H2,25,26,28). The fourth-order valence-corrected chi connectivity index (χ4v) is 4.15. The lowest BCUT2D eigenvalue weighted by Crippen LogP contribution is -2.36. The first-order chi connectivity index (χ1) is 14.8. The predicted octanol–water partition coefficient (Wildman–Crippen LogP) is 4.11. The normalized spacial score (nSPS) is 11.3. The van der Waals surface area contributed by atoms with Crippen molar-refractivity contribution in [2.24, 2.45) is 0 Å². The van der Waals surface area contributed by atoms with Crippen LogP contribution in [-0.4, -0.2) is 38.4 Å². The van der Waals surface area contributed by atoms with Gasteiger partial charge in [0.15, 0.2) is 9.84 Å². The summed E-state index contributed by atoms with van der Waals surface area (Å²) in [5.74, 6) is 0. The lowest BCUT2D eigenvalue weighted by atomic mass is 10.1. The molecule has 0 fully saturated rings. The molecule has 2 N–H and O–H groups in total. The molecule has 7 heteroatoms. The van der Waals surface area contributed by atoms with Gasteiger partial charge < -0.3 is 15.2 Å². The Morgan fingerprint density at radius 2 is 1.61 bits per heavy atom. The SMILES string of the molecule is CCCNC(=O)NCCc1cc(-c2ccc(S(C)(=O)=O)cc2)n(-c2ccccc2)c1C. The van der Waals surface area contributed by atoms with Crippen LogP contribution in [0.3, 0.4) is 0 Å². The summed E-state index contributed by atoms with van der Waals surface area (Å²) in [7, 11) is -3.25. The van der Waals surface area contributed by atoms with E-state index in [1.807, 2.05) is 49.4 Å². The molecular formula is C24H29N3O3S. The lowest BCUT2D eigenvalue weighted by molar-refractivity contribution is 0.241. The van der Waals surface area contributed by atoms with Crippen molar-refractivity contribution in [1.82, 2.24) is 15.2 Å². The highest BCUT2D eigenvalue weighted by Crippen LogP contribution is 2.30. The van der Waals surface area contributed by atoms with E-state index in [1.54, 1.807) is 12.1 Å². The van der Waals surface area contributed by atoms with E-state index >= 15 is 0 Å². The molecule has 0 atom stereocenters. The zero-order valence-electron chi connectivity index (χ0n) is 18.2. The predicted molar refractivity (Wildman–Crippen MR) is 124 cm³/mol. The van der Waals surface area contributed by atoms with Crippen LogP contribution in [0.2, 0.25) is 0 Å². The lowest BCUT2D eigenvalue weighted by Gasteiger charge is -2.13. The van der Waals surface area contributed by atoms with Crippen molar-refractivity contribution in [1.29, 1.82) is 0 Å². The van der Waals surface area contributed by atoms with Gasteiger partial charge in [-0.05, 0) is 61.2 Å². The summed E-state index contributed by atoms with van der Waals surface area (Å²) in [5.41, 5.74) is 5.15. The topological polar surface area (TPSA) is 80.2 Å². The Balaban J connectivity index is 1.92. The first kappa shape index (κ1) is 22.6. The zero-order chi connectivity index (χ0) is 22.4. The smallest absolute Gasteiger partial charge is 0.314 e. The molecule has 6 nitrogen and oxygen atoms in total. The maximum Gasteiger partial charge on any atom is 0.314 e. The second-order valence-corrected chi connectivity index (χ2v) is 9.56. The van der Waals surface area contributed by atoms with E-state index in [0.29, 0.717) is 24.4 Å². The highest BCUT2D eigenvalue weighted by Gasteiger charge is 2.16. The summed E-state index contributed by atoms with van der Waals surface area (Å²) >= 11 is 0. The molecule has 3 aromatic rings. The number of amides is 2. The van der Waals surface area contributed by atoms with E-state index < -0.39 is 9.84 Å². The van der Waals surface area contributed by atoms with Gasteiger partial charge in [-0.15, -0.1) is 0 Å². The number of hydrogen-bond donors (Lipinski definition) is 2. The third-order valence-corrected chi connectivity index (χ3v) is 6.29. The maximum absolute atomic E-state index is 11.8. The Bertz CT molecular complexity index is 1130. The van der Waals surface area contributed by atoms with E-state index in [1.165, 1.54) is 6.26 Å². The second-order valence-electron chi connectivity index (χ2n) is 7.54. The van der Waals surface area contributed by atoms with Crippen LogP contribution in [0, 0.1) is 6.92 Å². The number of carbonyl (C=O) groups excluding carboxylic acids is 1. The van der Waals surface area contributed by atoms with E-state index in [4.69, 9.17) is 0 Å². The number of nitrogens with zero attached hydrogens (tertiary/aromatic N) is 1. The van der Waals surface area contributed by atoms with E-state index in [0.717, 1.165) is 34.6 Å². The largest absolute Gasteiger partial charge is 0.338 e. The fourth-order valence-electron chi connectivity index (χ4n) is 3.52. The molecule has 0 unspecified atom stereocenters. The number of sulfone groups is 1. The van der Waals surface area contributed by atoms with Crippen LogP contribution in [-0.2, 0) is 16.3 Å². The fraction of sp³-hybridized carbons (Fsp3) is 0.292. The van der Waals surface area contributed by atoms with Crippen molar-refractivity contribution in [3.8, 4) is 16.9 Å². The minimum atomic E-state index is -3.25. The number of aromatic nitrogens is 1. The van der Waals surface area contributed by atoms with Crippen molar-refractivity contribution in [2.75, 3.05) is 19.3 Å². The van der Waals surface area contributed by atoms with E-state index in [2.05, 4.69) is 28.2 Å². The number of para-hydroxylation sites is 1. The van der Waals surface area contributed by atoms with Crippen molar-refractivity contribution in [3.63, 3.8) is 0 Å². The minimum absolute atomic E-state index is 0.154. The van der Waals surface area contributed by atoms with Gasteiger partial charge in [0.1, 0.15) is 0 Å². The van der Waals surface area contributed by atoms with Crippen LogP contribution >= 0.6 is 0 Å². The first-order valence-electron chi connectivity index (χ1n) is 10.4. The van der Waals surface area contributed by atoms with E-state index in [9.17, 15) is 13.2 Å². The third kappa shape index (κ3) is 5.55. The number of carbonyl (C=O) groups is 1. The molecule has 2 amide bonds. The Labute approximate surface area is 184 Å². The second kappa shape index (κ2) is 9.83. The number of urea groups is 1. The quantitative estimate of drug-likeness (QED) is 0.554. The Hall–Kier alpha value is -3.06. The molecule has 1 aromatic heterocycles. The minimum Gasteiger partial charge on any atom is -0.338 e. The van der Waals surface area contributed by atoms with Crippen LogP contribution in [0.5, 0.6) is 0 Å². The zero-order valence-corrected chi connectivity index (χ0v) is 19.0. The van der Waals surface area contributed by atoms with Gasteiger partial charge in [0, 0.05) is 30.7 Å². The van der Waals surface area contributed by atoms with Crippen LogP contribution in [0.4, 0.5) is 4.79 Å². The van der Waals surface area contributed by atoms with Crippen LogP contribution < -0.4 is 10.6 Å². The highest BCUT2D eigenvalue weighted by atomic mass is 32.2. The van der Waals surface area contributed by atoms with Crippen molar-refractivity contribution >= 4 is 15.9 Å². The van der Waals surface area contributed by atoms with Gasteiger partial charge in [0.2, 0.25) is 0 Å². The van der Waals surface area contributed by atoms with Gasteiger partial charge in [0.05, 0.1) is 10.6 Å². The molecule has 0 bridgehead atoms. The van der Waals surface area contributed by atoms with Gasteiger partial charge in [-0.25, -0.2) is 13.2 Å². The molecule has 0 aliphatic heterocycles. The van der Waals surface area contributed by atoms with E-state index in [-0.39, 0.29) is 6.03 Å². The number of rotatable bonds is 8. The molecule has 0 aliphatic rings. The molecule has 31 heavy (non-hydrogen) atoms. The third-order valence-electron chi connectivity index (χ3n) is 5.16. The van der Waals surface area contributed by atoms with Crippen molar-refractivity contribution in [2.45, 2.75) is 31.6 Å². The summed E-state index contributed by atoms with van der Waals surface area (Å²) in [6, 6.07) is 19.0. The van der Waals surface area contributed by atoms with Crippen LogP contribution in [0.25, 0.3) is 16.9 Å². The highest BCUT2D eigenvalue weighted by molar-refractivity contribution is 7.90. The summed E-state index contributed by atoms with van der Waals surface area (Å²) in [6.45, 7) is 5.26. The summed E-state index contributed by atoms with van der Waals surface area (Å²) in [6.07, 6.45) is 2.80. The maximum atomic E-state index is 11.8. The molecule has 1 heterocycles. The molecule has 0 spiro atoms. The summed E-state index contributed by atoms with van der Waals surface area (Å²) < 4.78 is 25.8. The molecule has 0 aliphatic carbocycles. The summed E-state index contributed by atoms with van der Waals surface area (Å²) in [5, 5.41) is 5.71. The molecule has 0 saturated carbocycles.